The summed E-state index contributed by atoms with van der Waals surface area (Å²) < 4.78 is 42.6. The Morgan fingerprint density at radius 2 is 1.32 bits per heavy atom. The molecule has 0 saturated carbocycles. The predicted molar refractivity (Wildman–Crippen MR) is 118 cm³/mol. The third kappa shape index (κ3) is 2.93. The molecule has 5 heteroatoms. The summed E-state index contributed by atoms with van der Waals surface area (Å²) in [6.07, 6.45) is -3.04. The number of nitrogens with one attached hydrogen (secondary N) is 1. The summed E-state index contributed by atoms with van der Waals surface area (Å²) in [6.45, 7) is 0. The van der Waals surface area contributed by atoms with E-state index in [4.69, 9.17) is 0 Å². The van der Waals surface area contributed by atoms with Crippen molar-refractivity contribution in [3.05, 3.63) is 101 Å². The number of aromatic amines is 1. The van der Waals surface area contributed by atoms with E-state index in [9.17, 15) is 13.2 Å². The Kier molecular flexibility index (Phi) is 3.66. The second kappa shape index (κ2) is 6.32. The van der Waals surface area contributed by atoms with Crippen molar-refractivity contribution in [1.29, 1.82) is 0 Å². The van der Waals surface area contributed by atoms with E-state index >= 15 is 0 Å². The molecule has 150 valence electrons. The minimum atomic E-state index is -4.56. The van der Waals surface area contributed by atoms with Crippen molar-refractivity contribution in [3.8, 4) is 0 Å². The average Bonchev–Trinajstić information content (AvgIpc) is 3.31. The monoisotopic (exact) mass is 412 g/mol. The molecule has 0 aliphatic carbocycles. The summed E-state index contributed by atoms with van der Waals surface area (Å²) in [5.74, 6) is 0. The van der Waals surface area contributed by atoms with E-state index < -0.39 is 11.7 Å². The molecule has 0 amide bonds. The van der Waals surface area contributed by atoms with Crippen molar-refractivity contribution in [1.82, 2.24) is 4.98 Å². The van der Waals surface area contributed by atoms with E-state index in [-0.39, 0.29) is 11.4 Å². The fourth-order valence-corrected chi connectivity index (χ4v) is 4.29. The zero-order chi connectivity index (χ0) is 21.2. The highest BCUT2D eigenvalue weighted by molar-refractivity contribution is 5.99. The van der Waals surface area contributed by atoms with Gasteiger partial charge < -0.3 is 4.98 Å². The third-order valence-corrected chi connectivity index (χ3v) is 5.72. The topological polar surface area (TPSA) is 28.1 Å². The molecule has 1 aromatic heterocycles. The highest BCUT2D eigenvalue weighted by Crippen LogP contribution is 2.39. The van der Waals surface area contributed by atoms with Gasteiger partial charge in [0, 0.05) is 16.1 Å². The molecule has 0 atom stereocenters. The van der Waals surface area contributed by atoms with Gasteiger partial charge in [0.15, 0.2) is 0 Å². The molecule has 1 aliphatic heterocycles. The maximum Gasteiger partial charge on any atom is 0.420 e. The van der Waals surface area contributed by atoms with E-state index in [1.165, 1.54) is 6.08 Å². The quantitative estimate of drug-likeness (QED) is 0.357. The summed E-state index contributed by atoms with van der Waals surface area (Å²) in [5, 5.41) is 5.86. The Labute approximate surface area is 174 Å². The van der Waals surface area contributed by atoms with Gasteiger partial charge >= 0.3 is 6.18 Å². The van der Waals surface area contributed by atoms with Crippen molar-refractivity contribution in [2.75, 3.05) is 0 Å². The van der Waals surface area contributed by atoms with Gasteiger partial charge in [-0.15, -0.1) is 0 Å². The van der Waals surface area contributed by atoms with Crippen molar-refractivity contribution in [2.24, 2.45) is 4.99 Å². The number of fused-ring (bicyclic) bond motifs is 4. The first kappa shape index (κ1) is 18.0. The highest BCUT2D eigenvalue weighted by atomic mass is 19.4. The lowest BCUT2D eigenvalue weighted by Crippen LogP contribution is -2.20. The van der Waals surface area contributed by atoms with Crippen LogP contribution >= 0.6 is 0 Å². The van der Waals surface area contributed by atoms with Gasteiger partial charge in [0.2, 0.25) is 0 Å². The first-order chi connectivity index (χ1) is 15.0. The first-order valence-electron chi connectivity index (χ1n) is 9.88. The van der Waals surface area contributed by atoms with Crippen LogP contribution in [0.5, 0.6) is 0 Å². The normalized spacial score (nSPS) is 15.2. The molecule has 6 rings (SSSR count). The maximum atomic E-state index is 14.2. The van der Waals surface area contributed by atoms with Gasteiger partial charge in [0.05, 0.1) is 16.7 Å². The van der Waals surface area contributed by atoms with Gasteiger partial charge in [-0.25, -0.2) is 4.99 Å². The molecule has 5 aromatic rings. The number of halogens is 3. The average molecular weight is 412 g/mol. The minimum Gasteiger partial charge on any atom is -0.354 e. The Morgan fingerprint density at radius 3 is 2.00 bits per heavy atom. The molecule has 1 N–H and O–H groups in total. The molecular formula is C26H15F3N2. The van der Waals surface area contributed by atoms with Crippen molar-refractivity contribution >= 4 is 44.1 Å². The van der Waals surface area contributed by atoms with Crippen molar-refractivity contribution < 1.29 is 13.2 Å². The number of rotatable bonds is 1. The maximum absolute atomic E-state index is 14.2. The largest absolute Gasteiger partial charge is 0.420 e. The zero-order valence-corrected chi connectivity index (χ0v) is 16.2. The van der Waals surface area contributed by atoms with Gasteiger partial charge in [0.1, 0.15) is 5.57 Å². The molecule has 0 bridgehead atoms. The molecule has 0 saturated heterocycles. The Balaban J connectivity index is 1.61. The van der Waals surface area contributed by atoms with Crippen LogP contribution in [0.4, 0.5) is 13.2 Å². The lowest BCUT2D eigenvalue weighted by molar-refractivity contribution is -0.0694. The SMILES string of the molecule is FC(F)(F)C(=C1C=c2cc3ccccc3cc2=N1)c1cc2cc3ccccc3cc2[nH]1. The highest BCUT2D eigenvalue weighted by Gasteiger charge is 2.38. The molecule has 0 spiro atoms. The van der Waals surface area contributed by atoms with Gasteiger partial charge in [-0.3, -0.25) is 0 Å². The molecule has 2 nitrogen and oxygen atoms in total. The molecule has 2 heterocycles. The van der Waals surface area contributed by atoms with E-state index in [0.29, 0.717) is 16.1 Å². The smallest absolute Gasteiger partial charge is 0.354 e. The van der Waals surface area contributed by atoms with Crippen LogP contribution in [-0.4, -0.2) is 11.2 Å². The molecule has 31 heavy (non-hydrogen) atoms. The molecular weight excluding hydrogens is 397 g/mol. The van der Waals surface area contributed by atoms with Crippen LogP contribution in [0.2, 0.25) is 0 Å². The molecule has 1 aliphatic rings. The van der Waals surface area contributed by atoms with E-state index in [1.54, 1.807) is 6.07 Å². The van der Waals surface area contributed by atoms with E-state index in [0.717, 1.165) is 26.9 Å². The van der Waals surface area contributed by atoms with Crippen molar-refractivity contribution in [2.45, 2.75) is 6.18 Å². The van der Waals surface area contributed by atoms with Crippen LogP contribution in [0.1, 0.15) is 5.69 Å². The lowest BCUT2D eigenvalue weighted by atomic mass is 10.1. The number of benzene rings is 4. The first-order valence-corrected chi connectivity index (χ1v) is 9.88. The van der Waals surface area contributed by atoms with Gasteiger partial charge in [-0.05, 0) is 58.0 Å². The molecule has 0 fully saturated rings. The number of hydrogen-bond donors (Lipinski definition) is 1. The minimum absolute atomic E-state index is 0.0187. The molecule has 0 radical (unpaired) electrons. The molecule has 4 aromatic carbocycles. The summed E-state index contributed by atoms with van der Waals surface area (Å²) >= 11 is 0. The van der Waals surface area contributed by atoms with Gasteiger partial charge in [-0.2, -0.15) is 13.2 Å². The lowest BCUT2D eigenvalue weighted by Gasteiger charge is -2.11. The number of aromatic nitrogens is 1. The van der Waals surface area contributed by atoms with Crippen LogP contribution in [0.3, 0.4) is 0 Å². The number of alkyl halides is 3. The van der Waals surface area contributed by atoms with E-state index in [2.05, 4.69) is 9.98 Å². The Hall–Kier alpha value is -3.86. The summed E-state index contributed by atoms with van der Waals surface area (Å²) in [5.41, 5.74) is -0.149. The summed E-state index contributed by atoms with van der Waals surface area (Å²) in [4.78, 5) is 7.33. The fourth-order valence-electron chi connectivity index (χ4n) is 4.29. The number of nitrogens with zero attached hydrogens (tertiary/aromatic N) is 1. The van der Waals surface area contributed by atoms with Gasteiger partial charge in [0.25, 0.3) is 0 Å². The summed E-state index contributed by atoms with van der Waals surface area (Å²) in [7, 11) is 0. The van der Waals surface area contributed by atoms with Crippen LogP contribution in [0.15, 0.2) is 89.6 Å². The van der Waals surface area contributed by atoms with Crippen LogP contribution in [0, 0.1) is 0 Å². The summed E-state index contributed by atoms with van der Waals surface area (Å²) in [6, 6.07) is 24.5. The Bertz CT molecular complexity index is 1560. The second-order valence-corrected chi connectivity index (χ2v) is 7.74. The van der Waals surface area contributed by atoms with Crippen LogP contribution in [-0.2, 0) is 0 Å². The van der Waals surface area contributed by atoms with Crippen LogP contribution < -0.4 is 10.6 Å². The van der Waals surface area contributed by atoms with Crippen LogP contribution in [0.25, 0.3) is 44.1 Å². The predicted octanol–water partition coefficient (Wildman–Crippen LogP) is 5.86. The van der Waals surface area contributed by atoms with Gasteiger partial charge in [-0.1, -0.05) is 48.5 Å². The third-order valence-electron chi connectivity index (χ3n) is 5.72. The molecule has 0 unspecified atom stereocenters. The fraction of sp³-hybridized carbons (Fsp3) is 0.0385. The second-order valence-electron chi connectivity index (χ2n) is 7.74. The van der Waals surface area contributed by atoms with E-state index in [1.807, 2.05) is 72.8 Å². The Morgan fingerprint density at radius 1 is 0.710 bits per heavy atom. The number of hydrogen-bond acceptors (Lipinski definition) is 1. The van der Waals surface area contributed by atoms with Crippen molar-refractivity contribution in [3.63, 3.8) is 0 Å². The number of H-pyrrole nitrogens is 1. The number of allylic oxidation sites excluding steroid dienone is 2. The standard InChI is InChI=1S/C26H15F3N2/c27-26(28,29)25(23-13-19-9-15-5-1-3-7-17(15)11-21(19)30-23)24-14-20-10-16-6-2-4-8-18(16)12-22(20)31-24/h1-14,30H. The zero-order valence-electron chi connectivity index (χ0n) is 16.2.